The average Bonchev–Trinajstić information content (AvgIpc) is 2.34. The molecule has 0 aromatic carbocycles. The monoisotopic (exact) mass is 242 g/mol. The summed E-state index contributed by atoms with van der Waals surface area (Å²) in [4.78, 5) is 11.6. The molecule has 0 rings (SSSR count). The first kappa shape index (κ1) is 16.5. The van der Waals surface area contributed by atoms with Crippen molar-refractivity contribution < 1.29 is 9.53 Å². The molecule has 0 unspecified atom stereocenters. The molecular weight excluding hydrogens is 212 g/mol. The van der Waals surface area contributed by atoms with Gasteiger partial charge in [-0.15, -0.1) is 0 Å². The van der Waals surface area contributed by atoms with Gasteiger partial charge in [0.25, 0.3) is 0 Å². The van der Waals surface area contributed by atoms with Crippen molar-refractivity contribution in [1.82, 2.24) is 0 Å². The highest BCUT2D eigenvalue weighted by Gasteiger charge is 2.14. The maximum Gasteiger partial charge on any atom is 0.308 e. The Bertz CT molecular complexity index is 174. The fraction of sp³-hybridized carbons (Fsp3) is 0.933. The van der Waals surface area contributed by atoms with E-state index in [-0.39, 0.29) is 11.9 Å². The molecule has 0 fully saturated rings. The second kappa shape index (κ2) is 11.9. The van der Waals surface area contributed by atoms with Gasteiger partial charge < -0.3 is 4.74 Å². The first-order valence-corrected chi connectivity index (χ1v) is 7.42. The van der Waals surface area contributed by atoms with Gasteiger partial charge in [-0.3, -0.25) is 4.79 Å². The fourth-order valence-corrected chi connectivity index (χ4v) is 1.97. The molecule has 0 saturated heterocycles. The summed E-state index contributed by atoms with van der Waals surface area (Å²) in [5, 5.41) is 0. The molecular formula is C15H30O2. The van der Waals surface area contributed by atoms with Crippen LogP contribution in [0.4, 0.5) is 0 Å². The molecule has 102 valence electrons. The number of unbranched alkanes of at least 4 members (excludes halogenated alkanes) is 6. The van der Waals surface area contributed by atoms with Crippen molar-refractivity contribution in [2.75, 3.05) is 6.61 Å². The Kier molecular flexibility index (Phi) is 11.6. The highest BCUT2D eigenvalue weighted by Crippen LogP contribution is 2.11. The molecule has 0 aromatic rings. The maximum absolute atomic E-state index is 11.6. The molecule has 0 saturated carbocycles. The normalized spacial score (nSPS) is 10.8. The lowest BCUT2D eigenvalue weighted by atomic mass is 10.0. The van der Waals surface area contributed by atoms with Crippen LogP contribution >= 0.6 is 0 Å². The van der Waals surface area contributed by atoms with E-state index in [1.807, 2.05) is 13.8 Å². The number of carbonyl (C=O) groups is 1. The Hall–Kier alpha value is -0.530. The summed E-state index contributed by atoms with van der Waals surface area (Å²) >= 11 is 0. The third kappa shape index (κ3) is 9.20. The highest BCUT2D eigenvalue weighted by molar-refractivity contribution is 5.72. The van der Waals surface area contributed by atoms with E-state index in [9.17, 15) is 4.79 Å². The molecule has 17 heavy (non-hydrogen) atoms. The van der Waals surface area contributed by atoms with E-state index in [0.29, 0.717) is 6.61 Å². The van der Waals surface area contributed by atoms with Crippen LogP contribution in [0.3, 0.4) is 0 Å². The lowest BCUT2D eigenvalue weighted by molar-refractivity contribution is -0.148. The first-order valence-electron chi connectivity index (χ1n) is 7.42. The molecule has 2 heteroatoms. The molecule has 0 amide bonds. The van der Waals surface area contributed by atoms with Crippen molar-refractivity contribution >= 4 is 5.97 Å². The number of esters is 1. The van der Waals surface area contributed by atoms with Gasteiger partial charge in [0.1, 0.15) is 0 Å². The van der Waals surface area contributed by atoms with Gasteiger partial charge in [-0.2, -0.15) is 0 Å². The van der Waals surface area contributed by atoms with Gasteiger partial charge in [-0.1, -0.05) is 59.3 Å². The van der Waals surface area contributed by atoms with E-state index in [1.54, 1.807) is 0 Å². The summed E-state index contributed by atoms with van der Waals surface area (Å²) in [6.45, 7) is 6.94. The summed E-state index contributed by atoms with van der Waals surface area (Å²) < 4.78 is 5.27. The molecule has 0 aromatic heterocycles. The minimum Gasteiger partial charge on any atom is -0.465 e. The van der Waals surface area contributed by atoms with Crippen molar-refractivity contribution in [3.05, 3.63) is 0 Å². The SMILES string of the molecule is CCCCCCCCCOC(=O)C(CC)CC. The molecule has 0 radical (unpaired) electrons. The zero-order valence-corrected chi connectivity index (χ0v) is 12.0. The number of rotatable bonds is 11. The summed E-state index contributed by atoms with van der Waals surface area (Å²) in [5.74, 6) is 0.112. The van der Waals surface area contributed by atoms with Crippen LogP contribution in [-0.2, 0) is 9.53 Å². The summed E-state index contributed by atoms with van der Waals surface area (Å²) in [6.07, 6.45) is 10.6. The highest BCUT2D eigenvalue weighted by atomic mass is 16.5. The van der Waals surface area contributed by atoms with Gasteiger partial charge in [0.15, 0.2) is 0 Å². The number of hydrogen-bond acceptors (Lipinski definition) is 2. The van der Waals surface area contributed by atoms with Crippen LogP contribution in [0.25, 0.3) is 0 Å². The lowest BCUT2D eigenvalue weighted by Crippen LogP contribution is -2.16. The third-order valence-electron chi connectivity index (χ3n) is 3.31. The van der Waals surface area contributed by atoms with E-state index < -0.39 is 0 Å². The predicted octanol–water partition coefficient (Wildman–Crippen LogP) is 4.72. The maximum atomic E-state index is 11.6. The Morgan fingerprint density at radius 2 is 1.41 bits per heavy atom. The van der Waals surface area contributed by atoms with Gasteiger partial charge >= 0.3 is 5.97 Å². The molecule has 0 aliphatic rings. The summed E-state index contributed by atoms with van der Waals surface area (Å²) in [6, 6.07) is 0. The van der Waals surface area contributed by atoms with Crippen molar-refractivity contribution in [2.24, 2.45) is 5.92 Å². The van der Waals surface area contributed by atoms with E-state index in [1.165, 1.54) is 38.5 Å². The molecule has 0 N–H and O–H groups in total. The van der Waals surface area contributed by atoms with Crippen LogP contribution in [0.2, 0.25) is 0 Å². The van der Waals surface area contributed by atoms with Gasteiger partial charge in [-0.05, 0) is 19.3 Å². The van der Waals surface area contributed by atoms with Gasteiger partial charge in [-0.25, -0.2) is 0 Å². The van der Waals surface area contributed by atoms with E-state index >= 15 is 0 Å². The number of carbonyl (C=O) groups excluding carboxylic acids is 1. The number of ether oxygens (including phenoxy) is 1. The Morgan fingerprint density at radius 3 is 1.94 bits per heavy atom. The molecule has 0 bridgehead atoms. The summed E-state index contributed by atoms with van der Waals surface area (Å²) in [5.41, 5.74) is 0. The third-order valence-corrected chi connectivity index (χ3v) is 3.31. The smallest absolute Gasteiger partial charge is 0.308 e. The largest absolute Gasteiger partial charge is 0.465 e. The lowest BCUT2D eigenvalue weighted by Gasteiger charge is -2.11. The van der Waals surface area contributed by atoms with Crippen molar-refractivity contribution in [1.29, 1.82) is 0 Å². The van der Waals surface area contributed by atoms with Crippen LogP contribution in [0.5, 0.6) is 0 Å². The van der Waals surface area contributed by atoms with Gasteiger partial charge in [0.05, 0.1) is 12.5 Å². The van der Waals surface area contributed by atoms with E-state index in [0.717, 1.165) is 19.3 Å². The van der Waals surface area contributed by atoms with Crippen LogP contribution in [0.1, 0.15) is 78.6 Å². The second-order valence-electron chi connectivity index (χ2n) is 4.80. The Labute approximate surface area is 107 Å². The van der Waals surface area contributed by atoms with Crippen LogP contribution in [-0.4, -0.2) is 12.6 Å². The van der Waals surface area contributed by atoms with E-state index in [4.69, 9.17) is 4.74 Å². The van der Waals surface area contributed by atoms with Crippen molar-refractivity contribution in [2.45, 2.75) is 78.6 Å². The molecule has 2 nitrogen and oxygen atoms in total. The molecule has 0 aliphatic carbocycles. The minimum atomic E-state index is 0.000910. The van der Waals surface area contributed by atoms with Crippen molar-refractivity contribution in [3.63, 3.8) is 0 Å². The standard InChI is InChI=1S/C15H30O2/c1-4-7-8-9-10-11-12-13-17-15(16)14(5-2)6-3/h14H,4-13H2,1-3H3. The zero-order valence-electron chi connectivity index (χ0n) is 12.0. The summed E-state index contributed by atoms with van der Waals surface area (Å²) in [7, 11) is 0. The average molecular weight is 242 g/mol. The van der Waals surface area contributed by atoms with Crippen LogP contribution in [0, 0.1) is 5.92 Å². The van der Waals surface area contributed by atoms with Gasteiger partial charge in [0, 0.05) is 0 Å². The molecule has 0 aliphatic heterocycles. The first-order chi connectivity index (χ1) is 8.26. The second-order valence-corrected chi connectivity index (χ2v) is 4.80. The van der Waals surface area contributed by atoms with E-state index in [2.05, 4.69) is 6.92 Å². The predicted molar refractivity (Wildman–Crippen MR) is 73.0 cm³/mol. The number of hydrogen-bond donors (Lipinski definition) is 0. The fourth-order valence-electron chi connectivity index (χ4n) is 1.97. The Balaban J connectivity index is 3.30. The van der Waals surface area contributed by atoms with Gasteiger partial charge in [0.2, 0.25) is 0 Å². The minimum absolute atomic E-state index is 0.000910. The molecule has 0 atom stereocenters. The quantitative estimate of drug-likeness (QED) is 0.387. The zero-order chi connectivity index (χ0) is 12.9. The topological polar surface area (TPSA) is 26.3 Å². The molecule has 0 heterocycles. The van der Waals surface area contributed by atoms with Crippen LogP contribution in [0.15, 0.2) is 0 Å². The van der Waals surface area contributed by atoms with Crippen LogP contribution < -0.4 is 0 Å². The molecule has 0 spiro atoms. The Morgan fingerprint density at radius 1 is 0.882 bits per heavy atom. The van der Waals surface area contributed by atoms with Crippen molar-refractivity contribution in [3.8, 4) is 0 Å².